The van der Waals surface area contributed by atoms with Crippen LogP contribution >= 0.6 is 0 Å². The Hall–Kier alpha value is -7.58. The van der Waals surface area contributed by atoms with Crippen molar-refractivity contribution in [3.05, 3.63) is 167 Å². The van der Waals surface area contributed by atoms with E-state index < -0.39 is 11.9 Å². The summed E-state index contributed by atoms with van der Waals surface area (Å²) in [4.78, 5) is 41.5. The Balaban J connectivity index is 1.45. The fourth-order valence-corrected chi connectivity index (χ4v) is 7.19. The van der Waals surface area contributed by atoms with Gasteiger partial charge in [-0.25, -0.2) is 19.6 Å². The van der Waals surface area contributed by atoms with Crippen LogP contribution in [0.25, 0.3) is 90.9 Å². The zero-order chi connectivity index (χ0) is 36.8. The first-order valence-electron chi connectivity index (χ1n) is 17.4. The predicted molar refractivity (Wildman–Crippen MR) is 215 cm³/mol. The van der Waals surface area contributed by atoms with Crippen molar-refractivity contribution in [3.8, 4) is 44.5 Å². The molecule has 0 unspecified atom stereocenters. The number of carboxylic acids is 2. The van der Waals surface area contributed by atoms with Crippen LogP contribution in [-0.4, -0.2) is 42.1 Å². The lowest BCUT2D eigenvalue weighted by atomic mass is 10.0. The van der Waals surface area contributed by atoms with Gasteiger partial charge in [-0.3, -0.25) is 0 Å². The number of aromatic carboxylic acids is 2. The Kier molecular flexibility index (Phi) is 7.90. The Morgan fingerprint density at radius 1 is 0.370 bits per heavy atom. The molecule has 2 aliphatic rings. The van der Waals surface area contributed by atoms with Gasteiger partial charge < -0.3 is 20.2 Å². The zero-order valence-electron chi connectivity index (χ0n) is 28.6. The molecular formula is C46H30N4O4. The van der Waals surface area contributed by atoms with Crippen LogP contribution in [0.5, 0.6) is 0 Å². The number of H-pyrrole nitrogens is 2. The van der Waals surface area contributed by atoms with E-state index in [1.165, 1.54) is 0 Å². The van der Waals surface area contributed by atoms with Crippen molar-refractivity contribution in [2.75, 3.05) is 0 Å². The number of nitrogens with zero attached hydrogens (tertiary/aromatic N) is 2. The maximum atomic E-state index is 11.8. The molecule has 0 amide bonds. The molecule has 9 rings (SSSR count). The summed E-state index contributed by atoms with van der Waals surface area (Å²) >= 11 is 0. The second-order valence-electron chi connectivity index (χ2n) is 13.0. The predicted octanol–water partition coefficient (Wildman–Crippen LogP) is 10.7. The number of aromatic nitrogens is 4. The van der Waals surface area contributed by atoms with Gasteiger partial charge in [0.05, 0.1) is 33.9 Å². The number of carboxylic acid groups (broad SMARTS) is 2. The molecule has 54 heavy (non-hydrogen) atoms. The van der Waals surface area contributed by atoms with E-state index in [2.05, 4.69) is 46.4 Å². The second kappa shape index (κ2) is 13.2. The number of fused-ring (bicyclic) bond motifs is 8. The van der Waals surface area contributed by atoms with Crippen LogP contribution in [-0.2, 0) is 0 Å². The van der Waals surface area contributed by atoms with Gasteiger partial charge in [0.2, 0.25) is 0 Å². The molecule has 0 atom stereocenters. The van der Waals surface area contributed by atoms with Crippen LogP contribution in [0.2, 0.25) is 0 Å². The van der Waals surface area contributed by atoms with Crippen molar-refractivity contribution in [1.29, 1.82) is 0 Å². The molecule has 258 valence electrons. The average Bonchev–Trinajstić information content (AvgIpc) is 4.04. The second-order valence-corrected chi connectivity index (χ2v) is 13.0. The van der Waals surface area contributed by atoms with E-state index in [9.17, 15) is 19.8 Å². The lowest BCUT2D eigenvalue weighted by Gasteiger charge is -2.07. The molecule has 8 nitrogen and oxygen atoms in total. The van der Waals surface area contributed by atoms with Crippen LogP contribution < -0.4 is 0 Å². The van der Waals surface area contributed by atoms with Crippen LogP contribution in [0.15, 0.2) is 133 Å². The summed E-state index contributed by atoms with van der Waals surface area (Å²) in [5, 5.41) is 19.3. The summed E-state index contributed by atoms with van der Waals surface area (Å²) < 4.78 is 0. The average molecular weight is 703 g/mol. The highest BCUT2D eigenvalue weighted by atomic mass is 16.4. The standard InChI is InChI=1S/C46H30N4O4/c51-45(52)31-15-11-29(12-16-31)43-37-23-21-35(48-37)41(27-7-3-1-4-8-27)33-19-20-34(47-33)42(28-9-5-2-6-10-28)36-22-24-38(49-36)44(40-26-25-39(43)50-40)30-13-17-32(18-14-30)46(53)54/h1-26,47,50H,(H,51,52)(H,53,54). The molecule has 8 bridgehead atoms. The molecule has 0 radical (unpaired) electrons. The van der Waals surface area contributed by atoms with Gasteiger partial charge in [-0.05, 0) is 95.1 Å². The summed E-state index contributed by atoms with van der Waals surface area (Å²) in [5.74, 6) is -2.01. The summed E-state index contributed by atoms with van der Waals surface area (Å²) in [6.45, 7) is 0. The molecule has 0 saturated carbocycles. The normalized spacial score (nSPS) is 11.9. The van der Waals surface area contributed by atoms with E-state index in [4.69, 9.17) is 9.97 Å². The quantitative estimate of drug-likeness (QED) is 0.136. The smallest absolute Gasteiger partial charge is 0.335 e. The highest BCUT2D eigenvalue weighted by Crippen LogP contribution is 2.38. The van der Waals surface area contributed by atoms with Crippen LogP contribution in [0.1, 0.15) is 43.5 Å². The van der Waals surface area contributed by atoms with Crippen molar-refractivity contribution in [1.82, 2.24) is 19.9 Å². The first-order valence-corrected chi connectivity index (χ1v) is 17.4. The largest absolute Gasteiger partial charge is 0.478 e. The van der Waals surface area contributed by atoms with Gasteiger partial charge in [-0.1, -0.05) is 84.9 Å². The highest BCUT2D eigenvalue weighted by Gasteiger charge is 2.19. The molecule has 3 aromatic heterocycles. The fraction of sp³-hybridized carbons (Fsp3) is 0. The highest BCUT2D eigenvalue weighted by molar-refractivity contribution is 6.00. The van der Waals surface area contributed by atoms with Crippen molar-refractivity contribution in [2.45, 2.75) is 0 Å². The number of benzene rings is 4. The SMILES string of the molecule is O=C(O)c1ccc(-c2c3nc(c(-c4ccccc4)c4ccc([nH]4)c(-c4ccccc4)c4nc(c(-c5ccc(C(=O)O)cc5)c5ccc2[nH]5)C=C4)C=C3)cc1. The summed E-state index contributed by atoms with van der Waals surface area (Å²) in [7, 11) is 0. The molecule has 0 aliphatic carbocycles. The number of aromatic amines is 2. The van der Waals surface area contributed by atoms with Crippen molar-refractivity contribution >= 4 is 58.3 Å². The van der Waals surface area contributed by atoms with Crippen LogP contribution in [0.3, 0.4) is 0 Å². The maximum Gasteiger partial charge on any atom is 0.335 e. The van der Waals surface area contributed by atoms with Gasteiger partial charge >= 0.3 is 11.9 Å². The minimum atomic E-state index is -1.00. The van der Waals surface area contributed by atoms with E-state index in [-0.39, 0.29) is 11.1 Å². The molecule has 2 aliphatic heterocycles. The third-order valence-corrected chi connectivity index (χ3v) is 9.72. The number of hydrogen-bond acceptors (Lipinski definition) is 4. The van der Waals surface area contributed by atoms with Crippen molar-refractivity contribution in [2.24, 2.45) is 0 Å². The zero-order valence-corrected chi connectivity index (χ0v) is 28.6. The minimum Gasteiger partial charge on any atom is -0.478 e. The van der Waals surface area contributed by atoms with E-state index in [1.807, 2.05) is 72.8 Å². The summed E-state index contributed by atoms with van der Waals surface area (Å²) in [6.07, 6.45) is 8.00. The maximum absolute atomic E-state index is 11.8. The van der Waals surface area contributed by atoms with E-state index in [1.54, 1.807) is 48.5 Å². The first kappa shape index (κ1) is 32.3. The number of nitrogens with one attached hydrogen (secondary N) is 2. The Morgan fingerprint density at radius 3 is 0.926 bits per heavy atom. The Bertz CT molecular complexity index is 2660. The monoisotopic (exact) mass is 702 g/mol. The summed E-state index contributed by atoms with van der Waals surface area (Å²) in [5.41, 5.74) is 13.6. The van der Waals surface area contributed by atoms with Crippen molar-refractivity contribution in [3.63, 3.8) is 0 Å². The topological polar surface area (TPSA) is 132 Å². The van der Waals surface area contributed by atoms with Crippen molar-refractivity contribution < 1.29 is 19.8 Å². The molecule has 0 spiro atoms. The minimum absolute atomic E-state index is 0.184. The van der Waals surface area contributed by atoms with Gasteiger partial charge in [0.25, 0.3) is 0 Å². The molecule has 7 aromatic rings. The molecule has 8 heteroatoms. The van der Waals surface area contributed by atoms with Crippen LogP contribution in [0, 0.1) is 0 Å². The fourth-order valence-electron chi connectivity index (χ4n) is 7.19. The van der Waals surface area contributed by atoms with E-state index in [0.29, 0.717) is 11.4 Å². The van der Waals surface area contributed by atoms with E-state index in [0.717, 1.165) is 78.0 Å². The van der Waals surface area contributed by atoms with Crippen LogP contribution in [0.4, 0.5) is 0 Å². The van der Waals surface area contributed by atoms with Gasteiger partial charge in [0, 0.05) is 44.3 Å². The summed E-state index contributed by atoms with van der Waals surface area (Å²) in [6, 6.07) is 42.0. The lowest BCUT2D eigenvalue weighted by Crippen LogP contribution is -1.95. The van der Waals surface area contributed by atoms with Gasteiger partial charge in [-0.2, -0.15) is 0 Å². The Labute approximate surface area is 309 Å². The Morgan fingerprint density at radius 2 is 0.648 bits per heavy atom. The third-order valence-electron chi connectivity index (χ3n) is 9.72. The molecular weight excluding hydrogens is 673 g/mol. The third kappa shape index (κ3) is 5.78. The van der Waals surface area contributed by atoms with E-state index >= 15 is 0 Å². The van der Waals surface area contributed by atoms with Gasteiger partial charge in [0.1, 0.15) is 0 Å². The van der Waals surface area contributed by atoms with Gasteiger partial charge in [0.15, 0.2) is 0 Å². The first-order chi connectivity index (χ1) is 26.4. The lowest BCUT2D eigenvalue weighted by molar-refractivity contribution is 0.0686. The number of rotatable bonds is 6. The number of carbonyl (C=O) groups is 2. The molecule has 0 fully saturated rings. The molecule has 4 aromatic carbocycles. The molecule has 0 saturated heterocycles. The molecule has 5 heterocycles. The molecule has 4 N–H and O–H groups in total. The van der Waals surface area contributed by atoms with Gasteiger partial charge in [-0.15, -0.1) is 0 Å². The number of hydrogen-bond donors (Lipinski definition) is 4.